The van der Waals surface area contributed by atoms with Gasteiger partial charge in [-0.3, -0.25) is 0 Å². The molecule has 5 N–H and O–H groups in total. The van der Waals surface area contributed by atoms with Crippen LogP contribution in [-0.4, -0.2) is 39.0 Å². The van der Waals surface area contributed by atoms with Gasteiger partial charge in [-0.2, -0.15) is 0 Å². The molecule has 0 aliphatic rings. The monoisotopic (exact) mass is 174 g/mol. The average Bonchev–Trinajstić information content (AvgIpc) is 0.722. The van der Waals surface area contributed by atoms with Gasteiger partial charge in [0.25, 0.3) is 0 Å². The maximum atomic E-state index is 8.88. The first kappa shape index (κ1) is 22.8. The molecule has 46 valence electrons. The normalized spacial score (nSPS) is 7.38. The fourth-order valence-corrected chi connectivity index (χ4v) is 0. The van der Waals surface area contributed by atoms with E-state index in [1.807, 2.05) is 0 Å². The molecular formula is H5LiO5PV. The smallest absolute Gasteiger partial charge is 0.412 e. The molecule has 0 saturated heterocycles. The van der Waals surface area contributed by atoms with Crippen molar-refractivity contribution in [3.8, 4) is 0 Å². The van der Waals surface area contributed by atoms with Crippen molar-refractivity contribution in [1.82, 2.24) is 0 Å². The van der Waals surface area contributed by atoms with Crippen LogP contribution < -0.4 is 0 Å². The van der Waals surface area contributed by atoms with E-state index in [4.69, 9.17) is 19.2 Å². The third-order valence-electron chi connectivity index (χ3n) is 0. The summed E-state index contributed by atoms with van der Waals surface area (Å²) < 4.78 is 8.88. The van der Waals surface area contributed by atoms with E-state index in [-0.39, 0.29) is 42.9 Å². The van der Waals surface area contributed by atoms with E-state index in [1.54, 1.807) is 0 Å². The van der Waals surface area contributed by atoms with E-state index in [2.05, 4.69) is 0 Å². The summed E-state index contributed by atoms with van der Waals surface area (Å²) in [4.78, 5) is 21.6. The molecular weight excluding hydrogens is 169 g/mol. The summed E-state index contributed by atoms with van der Waals surface area (Å²) in [6.45, 7) is 0. The molecule has 0 heterocycles. The predicted octanol–water partition coefficient (Wildman–Crippen LogP) is -2.14. The summed E-state index contributed by atoms with van der Waals surface area (Å²) in [6, 6.07) is 0. The zero-order chi connectivity index (χ0) is 4.50. The number of rotatable bonds is 0. The van der Waals surface area contributed by atoms with Gasteiger partial charge in [0.05, 0.1) is 0 Å². The van der Waals surface area contributed by atoms with Crippen LogP contribution in [-0.2, 0) is 23.1 Å². The minimum Gasteiger partial charge on any atom is -0.412 e. The average molecular weight is 174 g/mol. The molecule has 0 fully saturated rings. The third-order valence-corrected chi connectivity index (χ3v) is 0. The van der Waals surface area contributed by atoms with Gasteiger partial charge in [0, 0.05) is 37.4 Å². The zero-order valence-electron chi connectivity index (χ0n) is 4.14. The molecule has 0 aromatic heterocycles. The molecule has 0 aliphatic carbocycles. The second kappa shape index (κ2) is 8.25. The molecule has 0 aromatic rings. The standard InChI is InChI=1S/Li.H3O4P.H2O.V/c;1-5(2,3)4;;/h;(H3,1,2,3,4);1H2;. The Morgan fingerprint density at radius 3 is 1.12 bits per heavy atom. The number of hydrogen-bond acceptors (Lipinski definition) is 1. The van der Waals surface area contributed by atoms with Crippen LogP contribution in [0.25, 0.3) is 0 Å². The van der Waals surface area contributed by atoms with Gasteiger partial charge in [-0.1, -0.05) is 0 Å². The maximum absolute atomic E-state index is 8.88. The summed E-state index contributed by atoms with van der Waals surface area (Å²) in [6.07, 6.45) is 0. The van der Waals surface area contributed by atoms with Crippen molar-refractivity contribution in [1.29, 1.82) is 0 Å². The second-order valence-corrected chi connectivity index (χ2v) is 1.54. The van der Waals surface area contributed by atoms with Gasteiger partial charge in [0.1, 0.15) is 0 Å². The first-order valence-corrected chi connectivity index (χ1v) is 2.35. The van der Waals surface area contributed by atoms with Crippen molar-refractivity contribution in [2.75, 3.05) is 0 Å². The van der Waals surface area contributed by atoms with E-state index in [1.165, 1.54) is 0 Å². The fourth-order valence-electron chi connectivity index (χ4n) is 0. The molecule has 8 heavy (non-hydrogen) atoms. The van der Waals surface area contributed by atoms with E-state index in [0.29, 0.717) is 0 Å². The van der Waals surface area contributed by atoms with Crippen LogP contribution in [0.3, 0.4) is 0 Å². The van der Waals surface area contributed by atoms with Crippen LogP contribution >= 0.6 is 7.82 Å². The van der Waals surface area contributed by atoms with Crippen molar-refractivity contribution < 1.29 is 43.3 Å². The molecule has 0 aromatic carbocycles. The van der Waals surface area contributed by atoms with Crippen molar-refractivity contribution in [3.63, 3.8) is 0 Å². The van der Waals surface area contributed by atoms with Crippen molar-refractivity contribution >= 4 is 26.7 Å². The first-order valence-electron chi connectivity index (χ1n) is 0.783. The van der Waals surface area contributed by atoms with Gasteiger partial charge in [0.2, 0.25) is 0 Å². The molecule has 0 amide bonds. The molecule has 2 radical (unpaired) electrons. The van der Waals surface area contributed by atoms with E-state index >= 15 is 0 Å². The minimum absolute atomic E-state index is 0. The summed E-state index contributed by atoms with van der Waals surface area (Å²) in [5.41, 5.74) is 0. The van der Waals surface area contributed by atoms with Crippen LogP contribution in [0.4, 0.5) is 0 Å². The molecule has 0 rings (SSSR count). The molecule has 0 bridgehead atoms. The van der Waals surface area contributed by atoms with Gasteiger partial charge in [-0.05, 0) is 0 Å². The van der Waals surface area contributed by atoms with Crippen LogP contribution in [0.15, 0.2) is 0 Å². The summed E-state index contributed by atoms with van der Waals surface area (Å²) >= 11 is 0. The Morgan fingerprint density at radius 1 is 1.12 bits per heavy atom. The van der Waals surface area contributed by atoms with E-state index in [9.17, 15) is 0 Å². The Morgan fingerprint density at radius 2 is 1.12 bits per heavy atom. The van der Waals surface area contributed by atoms with Gasteiger partial charge >= 0.3 is 7.82 Å². The van der Waals surface area contributed by atoms with Gasteiger partial charge in [0.15, 0.2) is 0 Å². The first-order chi connectivity index (χ1) is 2.00. The van der Waals surface area contributed by atoms with Gasteiger partial charge < -0.3 is 20.2 Å². The van der Waals surface area contributed by atoms with Crippen molar-refractivity contribution in [2.24, 2.45) is 0 Å². The minimum atomic E-state index is -4.64. The molecule has 0 atom stereocenters. The summed E-state index contributed by atoms with van der Waals surface area (Å²) in [5.74, 6) is 0. The van der Waals surface area contributed by atoms with E-state index in [0.717, 1.165) is 0 Å². The zero-order valence-corrected chi connectivity index (χ0v) is 6.44. The van der Waals surface area contributed by atoms with Gasteiger partial charge in [-0.25, -0.2) is 4.57 Å². The quantitative estimate of drug-likeness (QED) is 0.287. The fraction of sp³-hybridized carbons (Fsp3) is 0. The molecule has 0 spiro atoms. The Labute approximate surface area is 70.1 Å². The third kappa shape index (κ3) is 181. The maximum Gasteiger partial charge on any atom is 0.466 e. The van der Waals surface area contributed by atoms with Crippen LogP contribution in [0.5, 0.6) is 0 Å². The van der Waals surface area contributed by atoms with Gasteiger partial charge in [-0.15, -0.1) is 0 Å². The number of hydrogen-bond donors (Lipinski definition) is 3. The molecule has 0 aliphatic heterocycles. The Hall–Kier alpha value is 1.25. The number of phosphoric acid groups is 1. The Kier molecular flexibility index (Phi) is 23.6. The predicted molar refractivity (Wildman–Crippen MR) is 23.6 cm³/mol. The summed E-state index contributed by atoms with van der Waals surface area (Å²) in [7, 11) is -4.64. The largest absolute Gasteiger partial charge is 0.466 e. The SMILES string of the molecule is O.O=P(O)(O)O.[Li].[V]. The van der Waals surface area contributed by atoms with Crippen molar-refractivity contribution in [2.45, 2.75) is 0 Å². The van der Waals surface area contributed by atoms with E-state index < -0.39 is 7.82 Å². The van der Waals surface area contributed by atoms with Crippen LogP contribution in [0.1, 0.15) is 0 Å². The topological polar surface area (TPSA) is 109 Å². The van der Waals surface area contributed by atoms with Crippen LogP contribution in [0, 0.1) is 0 Å². The Balaban J connectivity index is -0.0000000267. The Bertz CT molecular complexity index is 58.6. The summed E-state index contributed by atoms with van der Waals surface area (Å²) in [5, 5.41) is 0. The molecule has 8 heteroatoms. The second-order valence-electron chi connectivity index (χ2n) is 0.513. The molecule has 0 saturated carbocycles. The van der Waals surface area contributed by atoms with Crippen molar-refractivity contribution in [3.05, 3.63) is 0 Å². The molecule has 0 unspecified atom stereocenters. The molecule has 5 nitrogen and oxygen atoms in total. The van der Waals surface area contributed by atoms with Crippen LogP contribution in [0.2, 0.25) is 0 Å².